The maximum Gasteiger partial charge on any atom is 0.0991 e. The van der Waals surface area contributed by atoms with Crippen LogP contribution in [-0.2, 0) is 11.2 Å². The lowest BCUT2D eigenvalue weighted by Gasteiger charge is -1.98. The van der Waals surface area contributed by atoms with Gasteiger partial charge in [-0.15, -0.1) is 0 Å². The number of benzene rings is 2. The Bertz CT molecular complexity index is 650. The van der Waals surface area contributed by atoms with Crippen LogP contribution < -0.4 is 0 Å². The van der Waals surface area contributed by atoms with Gasteiger partial charge in [0.1, 0.15) is 0 Å². The van der Waals surface area contributed by atoms with Gasteiger partial charge in [-0.05, 0) is 42.0 Å². The third-order valence-electron chi connectivity index (χ3n) is 3.08. The van der Waals surface area contributed by atoms with Crippen molar-refractivity contribution < 1.29 is 4.74 Å². The predicted molar refractivity (Wildman–Crippen MR) is 75.2 cm³/mol. The summed E-state index contributed by atoms with van der Waals surface area (Å²) in [6.45, 7) is 0.875. The van der Waals surface area contributed by atoms with Gasteiger partial charge in [0.15, 0.2) is 0 Å². The number of epoxide rings is 1. The molecule has 0 N–H and O–H groups in total. The van der Waals surface area contributed by atoms with Crippen LogP contribution in [0.25, 0.3) is 0 Å². The smallest absolute Gasteiger partial charge is 0.0991 e. The van der Waals surface area contributed by atoms with Crippen molar-refractivity contribution in [3.05, 3.63) is 59.7 Å². The normalized spacial score (nSPS) is 17.1. The van der Waals surface area contributed by atoms with Crippen molar-refractivity contribution in [3.8, 4) is 6.07 Å². The van der Waals surface area contributed by atoms with Gasteiger partial charge in [0.05, 0.1) is 35.7 Å². The summed E-state index contributed by atoms with van der Waals surface area (Å²) in [5.74, 6) is 0. The van der Waals surface area contributed by atoms with Crippen molar-refractivity contribution in [1.82, 2.24) is 0 Å². The summed E-state index contributed by atoms with van der Waals surface area (Å²) in [6, 6.07) is 17.1. The molecule has 0 bridgehead atoms. The average Bonchev–Trinajstić information content (AvgIpc) is 3.31. The van der Waals surface area contributed by atoms with Crippen LogP contribution in [0.1, 0.15) is 11.1 Å². The zero-order valence-corrected chi connectivity index (χ0v) is 10.9. The molecule has 2 aromatic carbocycles. The van der Waals surface area contributed by atoms with Crippen molar-refractivity contribution in [2.75, 3.05) is 6.61 Å². The molecule has 1 unspecified atom stereocenters. The fourth-order valence-corrected chi connectivity index (χ4v) is 1.87. The van der Waals surface area contributed by atoms with Gasteiger partial charge in [-0.25, -0.2) is 0 Å². The Hall–Kier alpha value is -2.51. The minimum Gasteiger partial charge on any atom is -0.373 e. The molecule has 4 nitrogen and oxygen atoms in total. The maximum absolute atomic E-state index is 8.72. The van der Waals surface area contributed by atoms with Crippen LogP contribution in [0.3, 0.4) is 0 Å². The predicted octanol–water partition coefficient (Wildman–Crippen LogP) is 3.91. The number of rotatable bonds is 4. The summed E-state index contributed by atoms with van der Waals surface area (Å²) in [5.41, 5.74) is 3.43. The second kappa shape index (κ2) is 5.64. The molecule has 0 aliphatic carbocycles. The van der Waals surface area contributed by atoms with E-state index in [2.05, 4.69) is 28.4 Å². The maximum atomic E-state index is 8.72. The van der Waals surface area contributed by atoms with E-state index < -0.39 is 0 Å². The molecule has 0 radical (unpaired) electrons. The molecular weight excluding hydrogens is 250 g/mol. The van der Waals surface area contributed by atoms with Gasteiger partial charge < -0.3 is 4.74 Å². The number of hydrogen-bond acceptors (Lipinski definition) is 4. The number of ether oxygens (including phenoxy) is 1. The molecule has 0 aromatic heterocycles. The summed E-state index contributed by atoms with van der Waals surface area (Å²) >= 11 is 0. The van der Waals surface area contributed by atoms with Crippen LogP contribution in [0.4, 0.5) is 11.4 Å². The minimum absolute atomic E-state index is 0.404. The van der Waals surface area contributed by atoms with Gasteiger partial charge in [-0.2, -0.15) is 15.5 Å². The van der Waals surface area contributed by atoms with Crippen molar-refractivity contribution in [2.24, 2.45) is 10.2 Å². The highest BCUT2D eigenvalue weighted by Crippen LogP contribution is 2.21. The Morgan fingerprint density at radius 3 is 2.05 bits per heavy atom. The molecule has 3 rings (SSSR count). The van der Waals surface area contributed by atoms with E-state index in [0.29, 0.717) is 11.7 Å². The Labute approximate surface area is 117 Å². The SMILES string of the molecule is N#Cc1ccc(N=Nc2ccc(CC3CO3)cc2)cc1. The standard InChI is InChI=1S/C16H13N3O/c17-10-13-3-7-15(8-4-13)19-18-14-5-1-12(2-6-14)9-16-11-20-16/h1-8,16H,9,11H2. The summed E-state index contributed by atoms with van der Waals surface area (Å²) < 4.78 is 5.20. The first-order valence-corrected chi connectivity index (χ1v) is 6.46. The monoisotopic (exact) mass is 263 g/mol. The first-order chi connectivity index (χ1) is 9.83. The zero-order chi connectivity index (χ0) is 13.8. The third kappa shape index (κ3) is 3.28. The number of nitrogens with zero attached hydrogens (tertiary/aromatic N) is 3. The molecule has 4 heteroatoms. The molecular formula is C16H13N3O. The molecule has 0 amide bonds. The second-order valence-corrected chi connectivity index (χ2v) is 4.68. The minimum atomic E-state index is 0.404. The molecule has 1 fully saturated rings. The topological polar surface area (TPSA) is 61.0 Å². The molecule has 0 saturated carbocycles. The van der Waals surface area contributed by atoms with Gasteiger partial charge in [-0.1, -0.05) is 12.1 Å². The Morgan fingerprint density at radius 1 is 1.00 bits per heavy atom. The van der Waals surface area contributed by atoms with Crippen molar-refractivity contribution in [3.63, 3.8) is 0 Å². The van der Waals surface area contributed by atoms with Crippen molar-refractivity contribution >= 4 is 11.4 Å². The Morgan fingerprint density at radius 2 is 1.55 bits per heavy atom. The highest BCUT2D eigenvalue weighted by Gasteiger charge is 2.22. The van der Waals surface area contributed by atoms with Crippen LogP contribution in [-0.4, -0.2) is 12.7 Å². The van der Waals surface area contributed by atoms with Crippen LogP contribution in [0.5, 0.6) is 0 Å². The largest absolute Gasteiger partial charge is 0.373 e. The molecule has 1 saturated heterocycles. The van der Waals surface area contributed by atoms with E-state index in [-0.39, 0.29) is 0 Å². The lowest BCUT2D eigenvalue weighted by molar-refractivity contribution is 0.407. The van der Waals surface area contributed by atoms with Gasteiger partial charge in [-0.3, -0.25) is 0 Å². The third-order valence-corrected chi connectivity index (χ3v) is 3.08. The fourth-order valence-electron chi connectivity index (χ4n) is 1.87. The first-order valence-electron chi connectivity index (χ1n) is 6.46. The lowest BCUT2D eigenvalue weighted by Crippen LogP contribution is -1.91. The highest BCUT2D eigenvalue weighted by molar-refractivity contribution is 5.44. The van der Waals surface area contributed by atoms with E-state index in [4.69, 9.17) is 10.00 Å². The number of azo groups is 1. The molecule has 1 aliphatic heterocycles. The molecule has 0 spiro atoms. The molecule has 20 heavy (non-hydrogen) atoms. The van der Waals surface area contributed by atoms with Crippen LogP contribution in [0, 0.1) is 11.3 Å². The highest BCUT2D eigenvalue weighted by atomic mass is 16.6. The van der Waals surface area contributed by atoms with Crippen LogP contribution in [0.15, 0.2) is 58.8 Å². The van der Waals surface area contributed by atoms with E-state index in [9.17, 15) is 0 Å². The summed E-state index contributed by atoms with van der Waals surface area (Å²) in [5, 5.41) is 17.0. The van der Waals surface area contributed by atoms with Crippen LogP contribution >= 0.6 is 0 Å². The lowest BCUT2D eigenvalue weighted by atomic mass is 10.1. The van der Waals surface area contributed by atoms with E-state index in [1.54, 1.807) is 24.3 Å². The zero-order valence-electron chi connectivity index (χ0n) is 10.9. The van der Waals surface area contributed by atoms with Crippen molar-refractivity contribution in [1.29, 1.82) is 5.26 Å². The fraction of sp³-hybridized carbons (Fsp3) is 0.188. The number of hydrogen-bond donors (Lipinski definition) is 0. The Kier molecular flexibility index (Phi) is 3.53. The van der Waals surface area contributed by atoms with E-state index in [0.717, 1.165) is 24.4 Å². The summed E-state index contributed by atoms with van der Waals surface area (Å²) in [7, 11) is 0. The second-order valence-electron chi connectivity index (χ2n) is 4.68. The summed E-state index contributed by atoms with van der Waals surface area (Å²) in [6.07, 6.45) is 1.37. The van der Waals surface area contributed by atoms with Crippen LogP contribution in [0.2, 0.25) is 0 Å². The van der Waals surface area contributed by atoms with Gasteiger partial charge >= 0.3 is 0 Å². The molecule has 1 aliphatic rings. The first kappa shape index (κ1) is 12.5. The van der Waals surface area contributed by atoms with Gasteiger partial charge in [0.2, 0.25) is 0 Å². The summed E-state index contributed by atoms with van der Waals surface area (Å²) in [4.78, 5) is 0. The molecule has 98 valence electrons. The molecule has 1 atom stereocenters. The number of nitriles is 1. The van der Waals surface area contributed by atoms with Gasteiger partial charge in [0.25, 0.3) is 0 Å². The average molecular weight is 263 g/mol. The van der Waals surface area contributed by atoms with E-state index in [1.165, 1.54) is 5.56 Å². The van der Waals surface area contributed by atoms with E-state index >= 15 is 0 Å². The van der Waals surface area contributed by atoms with Crippen molar-refractivity contribution in [2.45, 2.75) is 12.5 Å². The quantitative estimate of drug-likeness (QED) is 0.620. The molecule has 2 aromatic rings. The van der Waals surface area contributed by atoms with Gasteiger partial charge in [0, 0.05) is 6.42 Å². The Balaban J connectivity index is 1.66. The molecule has 1 heterocycles. The van der Waals surface area contributed by atoms with E-state index in [1.807, 2.05) is 12.1 Å².